The molecule has 1 saturated carbocycles. The first kappa shape index (κ1) is 16.9. The van der Waals surface area contributed by atoms with Crippen molar-refractivity contribution in [3.63, 3.8) is 0 Å². The van der Waals surface area contributed by atoms with E-state index in [4.69, 9.17) is 0 Å². The van der Waals surface area contributed by atoms with E-state index in [0.29, 0.717) is 30.6 Å². The number of carbonyl (C=O) groups excluding carboxylic acids is 2. The summed E-state index contributed by atoms with van der Waals surface area (Å²) in [5, 5.41) is 5.62. The van der Waals surface area contributed by atoms with Crippen LogP contribution in [0.5, 0.6) is 0 Å². The molecule has 0 aromatic heterocycles. The Balaban J connectivity index is 1.69. The van der Waals surface area contributed by atoms with Crippen molar-refractivity contribution < 1.29 is 18.0 Å². The quantitative estimate of drug-likeness (QED) is 0.825. The van der Waals surface area contributed by atoms with Crippen molar-refractivity contribution in [2.75, 3.05) is 18.1 Å². The van der Waals surface area contributed by atoms with Crippen LogP contribution in [0.2, 0.25) is 0 Å². The van der Waals surface area contributed by atoms with Crippen LogP contribution < -0.4 is 10.6 Å². The summed E-state index contributed by atoms with van der Waals surface area (Å²) < 4.78 is 24.7. The van der Waals surface area contributed by atoms with Crippen LogP contribution in [-0.4, -0.2) is 49.4 Å². The average molecular weight is 351 g/mol. The van der Waals surface area contributed by atoms with Gasteiger partial charge in [0.2, 0.25) is 15.9 Å². The number of nitrogens with one attached hydrogen (secondary N) is 2. The maximum absolute atomic E-state index is 12.4. The largest absolute Gasteiger partial charge is 0.349 e. The Morgan fingerprint density at radius 1 is 1.21 bits per heavy atom. The Labute approximate surface area is 141 Å². The minimum absolute atomic E-state index is 0.160. The van der Waals surface area contributed by atoms with Crippen LogP contribution in [0.4, 0.5) is 5.69 Å². The second kappa shape index (κ2) is 6.52. The average Bonchev–Trinajstić information content (AvgIpc) is 3.17. The fraction of sp³-hybridized carbons (Fsp3) is 0.500. The van der Waals surface area contributed by atoms with E-state index in [1.807, 2.05) is 0 Å². The van der Waals surface area contributed by atoms with E-state index in [-0.39, 0.29) is 17.9 Å². The van der Waals surface area contributed by atoms with Crippen LogP contribution in [0.1, 0.15) is 36.0 Å². The van der Waals surface area contributed by atoms with Gasteiger partial charge in [-0.25, -0.2) is 8.42 Å². The van der Waals surface area contributed by atoms with Crippen molar-refractivity contribution in [3.8, 4) is 0 Å². The summed E-state index contributed by atoms with van der Waals surface area (Å²) in [4.78, 5) is 24.5. The maximum Gasteiger partial charge on any atom is 0.251 e. The molecule has 2 amide bonds. The zero-order valence-electron chi connectivity index (χ0n) is 13.5. The van der Waals surface area contributed by atoms with Crippen molar-refractivity contribution in [1.29, 1.82) is 0 Å². The van der Waals surface area contributed by atoms with Gasteiger partial charge in [0.25, 0.3) is 5.91 Å². The van der Waals surface area contributed by atoms with Crippen molar-refractivity contribution in [3.05, 3.63) is 29.8 Å². The summed E-state index contributed by atoms with van der Waals surface area (Å²) in [6.07, 6.45) is 4.29. The van der Waals surface area contributed by atoms with E-state index in [1.54, 1.807) is 24.3 Å². The minimum atomic E-state index is -3.41. The molecule has 0 radical (unpaired) electrons. The molecule has 1 aliphatic heterocycles. The predicted molar refractivity (Wildman–Crippen MR) is 90.1 cm³/mol. The van der Waals surface area contributed by atoms with E-state index in [9.17, 15) is 18.0 Å². The molecule has 7 nitrogen and oxygen atoms in total. The summed E-state index contributed by atoms with van der Waals surface area (Å²) in [7, 11) is -3.41. The molecular formula is C16H21N3O4S. The molecule has 1 aromatic rings. The molecule has 2 fully saturated rings. The highest BCUT2D eigenvalue weighted by Gasteiger charge is 2.36. The van der Waals surface area contributed by atoms with Gasteiger partial charge in [-0.3, -0.25) is 9.59 Å². The van der Waals surface area contributed by atoms with Gasteiger partial charge >= 0.3 is 0 Å². The number of benzene rings is 1. The van der Waals surface area contributed by atoms with Gasteiger partial charge in [-0.15, -0.1) is 0 Å². The van der Waals surface area contributed by atoms with Crippen LogP contribution >= 0.6 is 0 Å². The van der Waals surface area contributed by atoms with E-state index < -0.39 is 16.1 Å². The van der Waals surface area contributed by atoms with Crippen molar-refractivity contribution in [2.45, 2.75) is 37.8 Å². The van der Waals surface area contributed by atoms with E-state index >= 15 is 0 Å². The fourth-order valence-electron chi connectivity index (χ4n) is 2.86. The molecule has 3 rings (SSSR count). The van der Waals surface area contributed by atoms with Crippen molar-refractivity contribution in [2.24, 2.45) is 0 Å². The Morgan fingerprint density at radius 2 is 1.96 bits per heavy atom. The standard InChI is InChI=1S/C16H21N3O4S/c1-24(22,23)19-9-3-6-14(19)16(21)18-13-5-2-4-11(10-13)15(20)17-12-7-8-12/h2,4-5,10,12,14H,3,6-9H2,1H3,(H,17,20)(H,18,21). The molecule has 1 aliphatic carbocycles. The Bertz CT molecular complexity index is 758. The van der Waals surface area contributed by atoms with Crippen molar-refractivity contribution in [1.82, 2.24) is 9.62 Å². The number of sulfonamides is 1. The van der Waals surface area contributed by atoms with E-state index in [2.05, 4.69) is 10.6 Å². The number of rotatable bonds is 5. The first-order valence-corrected chi connectivity index (χ1v) is 9.88. The molecule has 0 bridgehead atoms. The summed E-state index contributed by atoms with van der Waals surface area (Å²) in [6.45, 7) is 0.362. The molecule has 24 heavy (non-hydrogen) atoms. The number of hydrogen-bond donors (Lipinski definition) is 2. The topological polar surface area (TPSA) is 95.6 Å². The molecule has 1 saturated heterocycles. The summed E-state index contributed by atoms with van der Waals surface area (Å²) in [5.74, 6) is -0.523. The van der Waals surface area contributed by atoms with Crippen LogP contribution in [-0.2, 0) is 14.8 Å². The fourth-order valence-corrected chi connectivity index (χ4v) is 3.98. The number of nitrogens with zero attached hydrogens (tertiary/aromatic N) is 1. The third-order valence-electron chi connectivity index (χ3n) is 4.24. The lowest BCUT2D eigenvalue weighted by Gasteiger charge is -2.21. The first-order valence-electron chi connectivity index (χ1n) is 8.03. The van der Waals surface area contributed by atoms with Crippen LogP contribution in [0.3, 0.4) is 0 Å². The maximum atomic E-state index is 12.4. The Morgan fingerprint density at radius 3 is 2.62 bits per heavy atom. The zero-order chi connectivity index (χ0) is 17.3. The lowest BCUT2D eigenvalue weighted by atomic mass is 10.1. The summed E-state index contributed by atoms with van der Waals surface area (Å²) in [5.41, 5.74) is 0.967. The summed E-state index contributed by atoms with van der Waals surface area (Å²) in [6, 6.07) is 6.24. The van der Waals surface area contributed by atoms with Crippen LogP contribution in [0.15, 0.2) is 24.3 Å². The molecule has 130 valence electrons. The van der Waals surface area contributed by atoms with Crippen LogP contribution in [0, 0.1) is 0 Å². The first-order chi connectivity index (χ1) is 11.3. The third kappa shape index (κ3) is 3.93. The van der Waals surface area contributed by atoms with Crippen LogP contribution in [0.25, 0.3) is 0 Å². The highest BCUT2D eigenvalue weighted by atomic mass is 32.2. The molecule has 1 atom stereocenters. The highest BCUT2D eigenvalue weighted by molar-refractivity contribution is 7.88. The Hall–Kier alpha value is -1.93. The summed E-state index contributed by atoms with van der Waals surface area (Å²) >= 11 is 0. The molecule has 1 aromatic carbocycles. The number of carbonyl (C=O) groups is 2. The van der Waals surface area contributed by atoms with Gasteiger partial charge in [-0.2, -0.15) is 4.31 Å². The van der Waals surface area contributed by atoms with Gasteiger partial charge in [0.1, 0.15) is 6.04 Å². The second-order valence-electron chi connectivity index (χ2n) is 6.35. The van der Waals surface area contributed by atoms with Gasteiger partial charge < -0.3 is 10.6 Å². The van der Waals surface area contributed by atoms with Gasteiger partial charge in [0.15, 0.2) is 0 Å². The van der Waals surface area contributed by atoms with E-state index in [0.717, 1.165) is 19.1 Å². The molecule has 1 unspecified atom stereocenters. The minimum Gasteiger partial charge on any atom is -0.349 e. The third-order valence-corrected chi connectivity index (χ3v) is 5.53. The van der Waals surface area contributed by atoms with Gasteiger partial charge in [0.05, 0.1) is 6.26 Å². The number of amides is 2. The van der Waals surface area contributed by atoms with Crippen molar-refractivity contribution >= 4 is 27.5 Å². The predicted octanol–water partition coefficient (Wildman–Crippen LogP) is 0.941. The number of anilines is 1. The SMILES string of the molecule is CS(=O)(=O)N1CCCC1C(=O)Nc1cccc(C(=O)NC2CC2)c1. The van der Waals surface area contributed by atoms with E-state index in [1.165, 1.54) is 4.31 Å². The molecule has 2 aliphatic rings. The smallest absolute Gasteiger partial charge is 0.251 e. The molecule has 8 heteroatoms. The molecule has 2 N–H and O–H groups in total. The monoisotopic (exact) mass is 351 g/mol. The molecular weight excluding hydrogens is 330 g/mol. The van der Waals surface area contributed by atoms with Gasteiger partial charge in [0, 0.05) is 23.8 Å². The molecule has 0 spiro atoms. The normalized spacial score (nSPS) is 21.5. The molecule has 1 heterocycles. The second-order valence-corrected chi connectivity index (χ2v) is 8.28. The number of hydrogen-bond acceptors (Lipinski definition) is 4. The zero-order valence-corrected chi connectivity index (χ0v) is 14.3. The van der Waals surface area contributed by atoms with Gasteiger partial charge in [-0.1, -0.05) is 6.07 Å². The Kier molecular flexibility index (Phi) is 4.60. The van der Waals surface area contributed by atoms with Gasteiger partial charge in [-0.05, 0) is 43.9 Å². The highest BCUT2D eigenvalue weighted by Crippen LogP contribution is 2.23. The lowest BCUT2D eigenvalue weighted by Crippen LogP contribution is -2.42. The lowest BCUT2D eigenvalue weighted by molar-refractivity contribution is -0.119.